The van der Waals surface area contributed by atoms with Crippen molar-refractivity contribution >= 4 is 0 Å². The fraction of sp³-hybridized carbons (Fsp3) is 0.125. The van der Waals surface area contributed by atoms with Gasteiger partial charge < -0.3 is 0 Å². The highest BCUT2D eigenvalue weighted by Crippen LogP contribution is 2.10. The summed E-state index contributed by atoms with van der Waals surface area (Å²) in [5.41, 5.74) is 0.532. The van der Waals surface area contributed by atoms with Crippen LogP contribution in [0.1, 0.15) is 11.7 Å². The zero-order chi connectivity index (χ0) is 7.40. The molecule has 1 aromatic rings. The van der Waals surface area contributed by atoms with Crippen molar-refractivity contribution < 1.29 is 5.11 Å². The molecule has 2 nitrogen and oxygen atoms in total. The molecule has 0 N–H and O–H groups in total. The molecule has 1 rings (SSSR count). The molecule has 1 atom stereocenters. The van der Waals surface area contributed by atoms with Gasteiger partial charge in [-0.1, -0.05) is 30.3 Å². The Morgan fingerprint density at radius 3 is 2.40 bits per heavy atom. The minimum Gasteiger partial charge on any atom is -0.211 e. The van der Waals surface area contributed by atoms with Crippen molar-refractivity contribution in [1.29, 1.82) is 5.26 Å². The fourth-order valence-electron chi connectivity index (χ4n) is 0.702. The van der Waals surface area contributed by atoms with Crippen LogP contribution in [-0.4, -0.2) is 0 Å². The minimum atomic E-state index is -1.24. The Bertz CT molecular complexity index is 237. The lowest BCUT2D eigenvalue weighted by molar-refractivity contribution is 0.138. The van der Waals surface area contributed by atoms with Crippen LogP contribution in [0.2, 0.25) is 0 Å². The molecule has 1 radical (unpaired) electrons. The molecule has 0 aliphatic rings. The van der Waals surface area contributed by atoms with Crippen LogP contribution in [0.4, 0.5) is 0 Å². The maximum absolute atomic E-state index is 10.7. The van der Waals surface area contributed by atoms with Gasteiger partial charge in [0, 0.05) is 0 Å². The number of nitrogens with zero attached hydrogens (tertiary/aromatic N) is 1. The average molecular weight is 132 g/mol. The molecule has 0 spiro atoms. The summed E-state index contributed by atoms with van der Waals surface area (Å²) in [6.07, 6.45) is -1.24. The van der Waals surface area contributed by atoms with Gasteiger partial charge in [0.25, 0.3) is 0 Å². The van der Waals surface area contributed by atoms with Crippen molar-refractivity contribution in [3.8, 4) is 6.07 Å². The lowest BCUT2D eigenvalue weighted by Crippen LogP contribution is -1.88. The first-order valence-electron chi connectivity index (χ1n) is 2.95. The molecule has 0 unspecified atom stereocenters. The van der Waals surface area contributed by atoms with Gasteiger partial charge in [0.15, 0.2) is 0 Å². The summed E-state index contributed by atoms with van der Waals surface area (Å²) in [7, 11) is 0. The second kappa shape index (κ2) is 3.00. The normalized spacial score (nSPS) is 12.0. The summed E-state index contributed by atoms with van der Waals surface area (Å²) in [5.74, 6) is 0. The molecule has 1 aromatic carbocycles. The average Bonchev–Trinajstić information content (AvgIpc) is 2.05. The van der Waals surface area contributed by atoms with Crippen LogP contribution in [0.15, 0.2) is 30.3 Å². The first-order chi connectivity index (χ1) is 4.84. The topological polar surface area (TPSA) is 43.7 Å². The summed E-state index contributed by atoms with van der Waals surface area (Å²) in [4.78, 5) is 0. The Balaban J connectivity index is 2.88. The molecule has 0 amide bonds. The van der Waals surface area contributed by atoms with Gasteiger partial charge in [0.05, 0.1) is 0 Å². The molecular formula is C8H6NO. The number of hydrogen-bond donors (Lipinski definition) is 0. The van der Waals surface area contributed by atoms with Crippen molar-refractivity contribution in [1.82, 2.24) is 0 Å². The molecular weight excluding hydrogens is 126 g/mol. The van der Waals surface area contributed by atoms with E-state index in [0.717, 1.165) is 0 Å². The number of hydrogen-bond acceptors (Lipinski definition) is 1. The van der Waals surface area contributed by atoms with Gasteiger partial charge in [-0.25, -0.2) is 5.11 Å². The van der Waals surface area contributed by atoms with Crippen LogP contribution >= 0.6 is 0 Å². The molecule has 0 aliphatic carbocycles. The summed E-state index contributed by atoms with van der Waals surface area (Å²) in [6, 6.07) is 10.2. The van der Waals surface area contributed by atoms with Gasteiger partial charge in [-0.15, -0.1) is 0 Å². The van der Waals surface area contributed by atoms with Crippen molar-refractivity contribution in [2.24, 2.45) is 0 Å². The standard InChI is InChI=1S/C8H6NO/c9-6-8(10)7-4-2-1-3-5-7/h1-5,8H/t8-/m1/s1. The first-order valence-corrected chi connectivity index (χ1v) is 2.95. The van der Waals surface area contributed by atoms with Gasteiger partial charge in [-0.05, 0) is 5.56 Å². The van der Waals surface area contributed by atoms with E-state index in [2.05, 4.69) is 0 Å². The molecule has 0 saturated carbocycles. The maximum atomic E-state index is 10.7. The van der Waals surface area contributed by atoms with Crippen LogP contribution in [0, 0.1) is 11.3 Å². The summed E-state index contributed by atoms with van der Waals surface area (Å²) < 4.78 is 0. The van der Waals surface area contributed by atoms with E-state index < -0.39 is 6.10 Å². The van der Waals surface area contributed by atoms with E-state index in [0.29, 0.717) is 5.56 Å². The second-order valence-electron chi connectivity index (χ2n) is 1.92. The highest BCUT2D eigenvalue weighted by Gasteiger charge is 2.04. The number of nitriles is 1. The quantitative estimate of drug-likeness (QED) is 0.573. The molecule has 0 aromatic heterocycles. The summed E-state index contributed by atoms with van der Waals surface area (Å²) in [5, 5.41) is 19.0. The molecule has 0 fully saturated rings. The van der Waals surface area contributed by atoms with E-state index in [9.17, 15) is 5.11 Å². The molecule has 10 heavy (non-hydrogen) atoms. The van der Waals surface area contributed by atoms with E-state index >= 15 is 0 Å². The Kier molecular flexibility index (Phi) is 2.03. The molecule has 2 heteroatoms. The van der Waals surface area contributed by atoms with Crippen molar-refractivity contribution in [3.63, 3.8) is 0 Å². The van der Waals surface area contributed by atoms with Gasteiger partial charge in [0.2, 0.25) is 6.10 Å². The maximum Gasteiger partial charge on any atom is 0.204 e. The van der Waals surface area contributed by atoms with Gasteiger partial charge in [0.1, 0.15) is 6.07 Å². The minimum absolute atomic E-state index is 0.532. The molecule has 0 aliphatic heterocycles. The fourth-order valence-corrected chi connectivity index (χ4v) is 0.702. The Morgan fingerprint density at radius 2 is 1.90 bits per heavy atom. The third-order valence-electron chi connectivity index (χ3n) is 1.22. The van der Waals surface area contributed by atoms with Crippen LogP contribution in [-0.2, 0) is 5.11 Å². The highest BCUT2D eigenvalue weighted by molar-refractivity contribution is 5.21. The van der Waals surface area contributed by atoms with Crippen LogP contribution < -0.4 is 0 Å². The van der Waals surface area contributed by atoms with E-state index in [-0.39, 0.29) is 0 Å². The lowest BCUT2D eigenvalue weighted by atomic mass is 10.1. The largest absolute Gasteiger partial charge is 0.211 e. The van der Waals surface area contributed by atoms with Crippen LogP contribution in [0.3, 0.4) is 0 Å². The Labute approximate surface area is 59.3 Å². The molecule has 0 bridgehead atoms. The number of benzene rings is 1. The molecule has 49 valence electrons. The highest BCUT2D eigenvalue weighted by atomic mass is 16.3. The van der Waals surface area contributed by atoms with E-state index in [1.54, 1.807) is 30.3 Å². The van der Waals surface area contributed by atoms with E-state index in [4.69, 9.17) is 5.26 Å². The predicted octanol–water partition coefficient (Wildman–Crippen LogP) is 1.68. The Morgan fingerprint density at radius 1 is 1.30 bits per heavy atom. The van der Waals surface area contributed by atoms with Gasteiger partial charge in [-0.3, -0.25) is 0 Å². The monoisotopic (exact) mass is 132 g/mol. The molecule has 0 heterocycles. The van der Waals surface area contributed by atoms with Crippen molar-refractivity contribution in [2.45, 2.75) is 6.10 Å². The van der Waals surface area contributed by atoms with Crippen LogP contribution in [0.25, 0.3) is 0 Å². The van der Waals surface area contributed by atoms with E-state index in [1.807, 2.05) is 6.07 Å². The van der Waals surface area contributed by atoms with E-state index in [1.165, 1.54) is 0 Å². The lowest BCUT2D eigenvalue weighted by Gasteiger charge is -1.95. The van der Waals surface area contributed by atoms with Gasteiger partial charge in [-0.2, -0.15) is 5.26 Å². The zero-order valence-electron chi connectivity index (χ0n) is 5.32. The second-order valence-corrected chi connectivity index (χ2v) is 1.92. The predicted molar refractivity (Wildman–Crippen MR) is 35.5 cm³/mol. The third kappa shape index (κ3) is 1.34. The summed E-state index contributed by atoms with van der Waals surface area (Å²) >= 11 is 0. The zero-order valence-corrected chi connectivity index (χ0v) is 5.32. The Hall–Kier alpha value is -1.33. The summed E-state index contributed by atoms with van der Waals surface area (Å²) in [6.45, 7) is 0. The van der Waals surface area contributed by atoms with Crippen LogP contribution in [0.5, 0.6) is 0 Å². The first kappa shape index (κ1) is 6.79. The SMILES string of the molecule is N#C[C@@H]([O])c1ccccc1. The van der Waals surface area contributed by atoms with Crippen molar-refractivity contribution in [3.05, 3.63) is 35.9 Å². The van der Waals surface area contributed by atoms with Gasteiger partial charge >= 0.3 is 0 Å². The smallest absolute Gasteiger partial charge is 0.204 e. The third-order valence-corrected chi connectivity index (χ3v) is 1.22. The molecule has 0 saturated heterocycles. The van der Waals surface area contributed by atoms with Crippen molar-refractivity contribution in [2.75, 3.05) is 0 Å². The number of rotatable bonds is 1.